The fourth-order valence-electron chi connectivity index (χ4n) is 3.93. The number of likely N-dealkylation sites (tertiary alicyclic amines) is 1. The monoisotopic (exact) mass is 351 g/mol. The van der Waals surface area contributed by atoms with Crippen LogP contribution in [0.1, 0.15) is 19.3 Å². The molecule has 5 nitrogen and oxygen atoms in total. The highest BCUT2D eigenvalue weighted by Gasteiger charge is 2.44. The highest BCUT2D eigenvalue weighted by atomic mass is 19.1. The molecule has 1 aromatic rings. The Morgan fingerprint density at radius 3 is 2.68 bits per heavy atom. The number of methoxy groups -OCH3 is 1. The molecule has 1 atom stereocenters. The number of rotatable bonds is 5. The van der Waals surface area contributed by atoms with Crippen LogP contribution in [-0.4, -0.2) is 57.4 Å². The lowest BCUT2D eigenvalue weighted by atomic mass is 9.66. The minimum atomic E-state index is -0.318. The summed E-state index contributed by atoms with van der Waals surface area (Å²) in [4.78, 5) is 14.3. The third-order valence-corrected chi connectivity index (χ3v) is 5.59. The van der Waals surface area contributed by atoms with E-state index in [4.69, 9.17) is 14.2 Å². The van der Waals surface area contributed by atoms with Crippen LogP contribution >= 0.6 is 0 Å². The lowest BCUT2D eigenvalue weighted by molar-refractivity contribution is -0.140. The molecule has 0 aromatic heterocycles. The van der Waals surface area contributed by atoms with Crippen molar-refractivity contribution in [2.75, 3.05) is 46.6 Å². The maximum atomic E-state index is 12.9. The molecule has 138 valence electrons. The summed E-state index contributed by atoms with van der Waals surface area (Å²) >= 11 is 0. The second-order valence-electron chi connectivity index (χ2n) is 6.96. The summed E-state index contributed by atoms with van der Waals surface area (Å²) < 4.78 is 29.4. The topological polar surface area (TPSA) is 48.0 Å². The number of hydrogen-bond donors (Lipinski definition) is 0. The van der Waals surface area contributed by atoms with Crippen LogP contribution in [0.2, 0.25) is 0 Å². The fourth-order valence-corrected chi connectivity index (χ4v) is 3.93. The van der Waals surface area contributed by atoms with Gasteiger partial charge in [0.05, 0.1) is 13.2 Å². The van der Waals surface area contributed by atoms with Crippen molar-refractivity contribution in [3.05, 3.63) is 30.1 Å². The van der Waals surface area contributed by atoms with E-state index in [1.807, 2.05) is 4.90 Å². The SMILES string of the molecule is COCC1COCCC12CCN(C(=O)COc1ccc(F)cc1)CC2. The van der Waals surface area contributed by atoms with Crippen molar-refractivity contribution in [2.24, 2.45) is 11.3 Å². The zero-order valence-electron chi connectivity index (χ0n) is 14.7. The van der Waals surface area contributed by atoms with Crippen molar-refractivity contribution >= 4 is 5.91 Å². The van der Waals surface area contributed by atoms with Gasteiger partial charge >= 0.3 is 0 Å². The van der Waals surface area contributed by atoms with Gasteiger partial charge in [0, 0.05) is 32.7 Å². The maximum Gasteiger partial charge on any atom is 0.260 e. The largest absolute Gasteiger partial charge is 0.484 e. The van der Waals surface area contributed by atoms with Gasteiger partial charge in [0.15, 0.2) is 6.61 Å². The molecule has 2 heterocycles. The predicted molar refractivity (Wildman–Crippen MR) is 90.9 cm³/mol. The molecule has 0 radical (unpaired) electrons. The van der Waals surface area contributed by atoms with Crippen molar-refractivity contribution in [1.82, 2.24) is 4.90 Å². The van der Waals surface area contributed by atoms with Gasteiger partial charge in [0.25, 0.3) is 5.91 Å². The average molecular weight is 351 g/mol. The molecule has 1 aromatic carbocycles. The van der Waals surface area contributed by atoms with Crippen LogP contribution in [0.5, 0.6) is 5.75 Å². The Morgan fingerprint density at radius 1 is 1.28 bits per heavy atom. The molecular formula is C19H26FNO4. The smallest absolute Gasteiger partial charge is 0.260 e. The Labute approximate surface area is 148 Å². The number of ether oxygens (including phenoxy) is 3. The molecular weight excluding hydrogens is 325 g/mol. The predicted octanol–water partition coefficient (Wildman–Crippen LogP) is 2.50. The summed E-state index contributed by atoms with van der Waals surface area (Å²) in [7, 11) is 1.73. The third kappa shape index (κ3) is 4.30. The van der Waals surface area contributed by atoms with Crippen molar-refractivity contribution in [1.29, 1.82) is 0 Å². The van der Waals surface area contributed by atoms with Gasteiger partial charge in [0.1, 0.15) is 11.6 Å². The van der Waals surface area contributed by atoms with Crippen LogP contribution in [0.25, 0.3) is 0 Å². The van der Waals surface area contributed by atoms with Crippen molar-refractivity contribution in [3.8, 4) is 5.75 Å². The molecule has 2 aliphatic rings. The lowest BCUT2D eigenvalue weighted by Gasteiger charge is -2.48. The number of hydrogen-bond acceptors (Lipinski definition) is 4. The second-order valence-corrected chi connectivity index (χ2v) is 6.96. The first-order chi connectivity index (χ1) is 12.1. The van der Waals surface area contributed by atoms with E-state index in [0.29, 0.717) is 18.3 Å². The minimum absolute atomic E-state index is 0.0107. The minimum Gasteiger partial charge on any atom is -0.484 e. The Kier molecular flexibility index (Phi) is 5.91. The summed E-state index contributed by atoms with van der Waals surface area (Å²) in [6, 6.07) is 5.72. The van der Waals surface area contributed by atoms with E-state index in [1.165, 1.54) is 24.3 Å². The fraction of sp³-hybridized carbons (Fsp3) is 0.632. The first kappa shape index (κ1) is 18.1. The normalized spacial score (nSPS) is 22.8. The molecule has 1 unspecified atom stereocenters. The van der Waals surface area contributed by atoms with Crippen LogP contribution in [-0.2, 0) is 14.3 Å². The van der Waals surface area contributed by atoms with Gasteiger partial charge in [-0.15, -0.1) is 0 Å². The first-order valence-corrected chi connectivity index (χ1v) is 8.86. The maximum absolute atomic E-state index is 12.9. The van der Waals surface area contributed by atoms with Crippen LogP contribution in [0, 0.1) is 17.2 Å². The van der Waals surface area contributed by atoms with E-state index in [9.17, 15) is 9.18 Å². The molecule has 1 amide bonds. The van der Waals surface area contributed by atoms with E-state index < -0.39 is 0 Å². The van der Waals surface area contributed by atoms with Gasteiger partial charge in [-0.3, -0.25) is 4.79 Å². The third-order valence-electron chi connectivity index (χ3n) is 5.59. The summed E-state index contributed by atoms with van der Waals surface area (Å²) in [6.45, 7) is 3.72. The van der Waals surface area contributed by atoms with Gasteiger partial charge in [-0.2, -0.15) is 0 Å². The van der Waals surface area contributed by atoms with E-state index in [-0.39, 0.29) is 23.7 Å². The number of benzene rings is 1. The van der Waals surface area contributed by atoms with Gasteiger partial charge in [-0.1, -0.05) is 0 Å². The number of carbonyl (C=O) groups excluding carboxylic acids is 1. The summed E-state index contributed by atoms with van der Waals surface area (Å²) in [6.07, 6.45) is 2.99. The molecule has 1 spiro atoms. The number of amides is 1. The molecule has 25 heavy (non-hydrogen) atoms. The Hall–Kier alpha value is -1.66. The highest BCUT2D eigenvalue weighted by molar-refractivity contribution is 5.77. The summed E-state index contributed by atoms with van der Waals surface area (Å²) in [5.74, 6) is 0.573. The standard InChI is InChI=1S/C19H26FNO4/c1-23-12-15-13-24-11-8-19(15)6-9-21(10-7-19)18(22)14-25-17-4-2-16(20)3-5-17/h2-5,15H,6-14H2,1H3. The Morgan fingerprint density at radius 2 is 2.00 bits per heavy atom. The number of halogens is 1. The molecule has 0 N–H and O–H groups in total. The number of carbonyl (C=O) groups is 1. The van der Waals surface area contributed by atoms with Gasteiger partial charge in [0.2, 0.25) is 0 Å². The van der Waals surface area contributed by atoms with Crippen molar-refractivity contribution in [3.63, 3.8) is 0 Å². The van der Waals surface area contributed by atoms with Gasteiger partial charge < -0.3 is 19.1 Å². The molecule has 6 heteroatoms. The Bertz CT molecular complexity index is 567. The second kappa shape index (κ2) is 8.15. The molecule has 0 saturated carbocycles. The molecule has 2 fully saturated rings. The first-order valence-electron chi connectivity index (χ1n) is 8.86. The molecule has 3 rings (SSSR count). The molecule has 0 bridgehead atoms. The van der Waals surface area contributed by atoms with Crippen LogP contribution in [0.15, 0.2) is 24.3 Å². The van der Waals surface area contributed by atoms with Crippen LogP contribution < -0.4 is 4.74 Å². The quantitative estimate of drug-likeness (QED) is 0.818. The summed E-state index contributed by atoms with van der Waals surface area (Å²) in [5.41, 5.74) is 0.225. The van der Waals surface area contributed by atoms with E-state index in [2.05, 4.69) is 0 Å². The number of piperidine rings is 1. The molecule has 2 saturated heterocycles. The highest BCUT2D eigenvalue weighted by Crippen LogP contribution is 2.44. The Balaban J connectivity index is 1.50. The van der Waals surface area contributed by atoms with E-state index in [0.717, 1.165) is 45.6 Å². The van der Waals surface area contributed by atoms with Crippen molar-refractivity contribution in [2.45, 2.75) is 19.3 Å². The van der Waals surface area contributed by atoms with E-state index >= 15 is 0 Å². The zero-order valence-corrected chi connectivity index (χ0v) is 14.7. The van der Waals surface area contributed by atoms with Crippen LogP contribution in [0.4, 0.5) is 4.39 Å². The van der Waals surface area contributed by atoms with Gasteiger partial charge in [-0.25, -0.2) is 4.39 Å². The van der Waals surface area contributed by atoms with Gasteiger partial charge in [-0.05, 0) is 48.9 Å². The average Bonchev–Trinajstić information content (AvgIpc) is 2.64. The van der Waals surface area contributed by atoms with Crippen LogP contribution in [0.3, 0.4) is 0 Å². The number of nitrogens with zero attached hydrogens (tertiary/aromatic N) is 1. The summed E-state index contributed by atoms with van der Waals surface area (Å²) in [5, 5.41) is 0. The molecule has 0 aliphatic carbocycles. The molecule has 2 aliphatic heterocycles. The zero-order chi connectivity index (χ0) is 17.7. The van der Waals surface area contributed by atoms with Crippen molar-refractivity contribution < 1.29 is 23.4 Å². The lowest BCUT2D eigenvalue weighted by Crippen LogP contribution is -2.51. The van der Waals surface area contributed by atoms with E-state index in [1.54, 1.807) is 7.11 Å².